The molecule has 0 spiro atoms. The summed E-state index contributed by atoms with van der Waals surface area (Å²) in [6.45, 7) is 0. The number of nitrogens with zero attached hydrogens (tertiary/aromatic N) is 4. The fraction of sp³-hybridized carbons (Fsp3) is 0.167. The van der Waals surface area contributed by atoms with E-state index < -0.39 is 0 Å². The molecule has 24 heavy (non-hydrogen) atoms. The summed E-state index contributed by atoms with van der Waals surface area (Å²) >= 11 is 1.66. The van der Waals surface area contributed by atoms with Crippen molar-refractivity contribution >= 4 is 17.5 Å². The number of methoxy groups -OCH3 is 1. The molecule has 0 bridgehead atoms. The number of rotatable bonds is 4. The number of hydrogen-bond donors (Lipinski definition) is 0. The smallest absolute Gasteiger partial charge is 0.212 e. The molecule has 0 unspecified atom stereocenters. The molecule has 0 saturated carbocycles. The molecule has 2 heterocycles. The van der Waals surface area contributed by atoms with Crippen LogP contribution >= 0.6 is 11.8 Å². The van der Waals surface area contributed by atoms with Crippen molar-refractivity contribution in [3.05, 3.63) is 71.5 Å². The summed E-state index contributed by atoms with van der Waals surface area (Å²) in [4.78, 5) is 0. The monoisotopic (exact) mass is 336 g/mol. The fourth-order valence-corrected chi connectivity index (χ4v) is 3.47. The summed E-state index contributed by atoms with van der Waals surface area (Å²) in [6.07, 6.45) is 0.663. The normalized spacial score (nSPS) is 13.3. The van der Waals surface area contributed by atoms with Crippen LogP contribution in [0.3, 0.4) is 0 Å². The highest BCUT2D eigenvalue weighted by molar-refractivity contribution is 7.99. The van der Waals surface area contributed by atoms with Gasteiger partial charge in [-0.1, -0.05) is 54.2 Å². The minimum atomic E-state index is 0.663. The molecular weight excluding hydrogens is 320 g/mol. The van der Waals surface area contributed by atoms with Crippen LogP contribution in [0.25, 0.3) is 0 Å². The number of benzene rings is 2. The van der Waals surface area contributed by atoms with Crippen molar-refractivity contribution in [2.24, 2.45) is 5.10 Å². The maximum Gasteiger partial charge on any atom is 0.212 e. The molecule has 0 N–H and O–H groups in total. The van der Waals surface area contributed by atoms with E-state index in [1.165, 1.54) is 0 Å². The van der Waals surface area contributed by atoms with Crippen LogP contribution in [-0.4, -0.2) is 33.4 Å². The molecule has 5 nitrogen and oxygen atoms in total. The molecule has 2 aromatic carbocycles. The molecule has 4 rings (SSSR count). The van der Waals surface area contributed by atoms with E-state index in [2.05, 4.69) is 28.4 Å². The van der Waals surface area contributed by atoms with Crippen LogP contribution < -0.4 is 4.74 Å². The Bertz CT molecular complexity index is 889. The van der Waals surface area contributed by atoms with E-state index in [1.807, 2.05) is 41.1 Å². The minimum Gasteiger partial charge on any atom is -0.497 e. The first-order chi connectivity index (χ1) is 11.8. The predicted octanol–water partition coefficient (Wildman–Crippen LogP) is 3.24. The van der Waals surface area contributed by atoms with Gasteiger partial charge in [0.15, 0.2) is 5.82 Å². The Hall–Kier alpha value is -2.60. The topological polar surface area (TPSA) is 52.3 Å². The van der Waals surface area contributed by atoms with E-state index in [4.69, 9.17) is 9.84 Å². The molecule has 0 amide bonds. The quantitative estimate of drug-likeness (QED) is 0.734. The van der Waals surface area contributed by atoms with Crippen molar-refractivity contribution < 1.29 is 4.74 Å². The van der Waals surface area contributed by atoms with Gasteiger partial charge in [0.1, 0.15) is 5.75 Å². The van der Waals surface area contributed by atoms with Gasteiger partial charge in [-0.2, -0.15) is 9.78 Å². The number of thioether (sulfide) groups is 1. The zero-order valence-corrected chi connectivity index (χ0v) is 14.0. The highest BCUT2D eigenvalue weighted by Crippen LogP contribution is 2.25. The van der Waals surface area contributed by atoms with E-state index in [1.54, 1.807) is 18.9 Å². The molecule has 0 radical (unpaired) electrons. The van der Waals surface area contributed by atoms with Crippen LogP contribution in [0.2, 0.25) is 0 Å². The summed E-state index contributed by atoms with van der Waals surface area (Å²) in [5.41, 5.74) is 3.30. The molecule has 0 fully saturated rings. The van der Waals surface area contributed by atoms with Gasteiger partial charge in [0.25, 0.3) is 0 Å². The molecule has 0 saturated heterocycles. The van der Waals surface area contributed by atoms with Crippen LogP contribution in [0.1, 0.15) is 17.0 Å². The largest absolute Gasteiger partial charge is 0.497 e. The van der Waals surface area contributed by atoms with Crippen LogP contribution in [0, 0.1) is 0 Å². The number of fused-ring (bicyclic) bond motifs is 1. The SMILES string of the molecule is COc1cccc(Cc2nnc3n2N=C(c2ccccc2)CS3)c1. The van der Waals surface area contributed by atoms with Gasteiger partial charge >= 0.3 is 0 Å². The van der Waals surface area contributed by atoms with Crippen molar-refractivity contribution in [3.8, 4) is 5.75 Å². The molecule has 1 aliphatic rings. The molecule has 3 aromatic rings. The second kappa shape index (κ2) is 6.49. The van der Waals surface area contributed by atoms with E-state index in [9.17, 15) is 0 Å². The summed E-state index contributed by atoms with van der Waals surface area (Å²) in [5.74, 6) is 2.48. The van der Waals surface area contributed by atoms with E-state index in [-0.39, 0.29) is 0 Å². The summed E-state index contributed by atoms with van der Waals surface area (Å²) in [7, 11) is 1.67. The Kier molecular flexibility index (Phi) is 4.04. The Morgan fingerprint density at radius 3 is 2.79 bits per heavy atom. The van der Waals surface area contributed by atoms with E-state index in [0.717, 1.165) is 39.3 Å². The standard InChI is InChI=1S/C18H16N4OS/c1-23-15-9-5-6-13(10-15)11-17-19-20-18-22(17)21-16(12-24-18)14-7-3-2-4-8-14/h2-10H,11-12H2,1H3. The van der Waals surface area contributed by atoms with E-state index in [0.29, 0.717) is 6.42 Å². The zero-order chi connectivity index (χ0) is 16.4. The first-order valence-corrected chi connectivity index (χ1v) is 8.65. The van der Waals surface area contributed by atoms with Gasteiger partial charge < -0.3 is 4.74 Å². The lowest BCUT2D eigenvalue weighted by molar-refractivity contribution is 0.414. The fourth-order valence-electron chi connectivity index (χ4n) is 2.62. The van der Waals surface area contributed by atoms with E-state index >= 15 is 0 Å². The third kappa shape index (κ3) is 2.92. The number of hydrogen-bond acceptors (Lipinski definition) is 5. The lowest BCUT2D eigenvalue weighted by Gasteiger charge is -2.14. The van der Waals surface area contributed by atoms with Crippen molar-refractivity contribution in [2.45, 2.75) is 11.6 Å². The van der Waals surface area contributed by atoms with Gasteiger partial charge in [-0.3, -0.25) is 0 Å². The Morgan fingerprint density at radius 2 is 1.96 bits per heavy atom. The van der Waals surface area contributed by atoms with Crippen molar-refractivity contribution in [3.63, 3.8) is 0 Å². The van der Waals surface area contributed by atoms with Gasteiger partial charge in [-0.25, -0.2) is 0 Å². The Morgan fingerprint density at radius 1 is 1.08 bits per heavy atom. The number of ether oxygens (including phenoxy) is 1. The molecule has 1 aliphatic heterocycles. The summed E-state index contributed by atoms with van der Waals surface area (Å²) < 4.78 is 7.14. The predicted molar refractivity (Wildman–Crippen MR) is 94.9 cm³/mol. The first-order valence-electron chi connectivity index (χ1n) is 7.67. The lowest BCUT2D eigenvalue weighted by Crippen LogP contribution is -2.14. The molecule has 6 heteroatoms. The second-order valence-electron chi connectivity index (χ2n) is 5.44. The van der Waals surface area contributed by atoms with Crippen LogP contribution in [0.5, 0.6) is 5.75 Å². The van der Waals surface area contributed by atoms with Crippen molar-refractivity contribution in [1.82, 2.24) is 14.9 Å². The molecular formula is C18H16N4OS. The highest BCUT2D eigenvalue weighted by atomic mass is 32.2. The van der Waals surface area contributed by atoms with Gasteiger partial charge in [0, 0.05) is 12.2 Å². The van der Waals surface area contributed by atoms with Gasteiger partial charge in [0.2, 0.25) is 5.16 Å². The average molecular weight is 336 g/mol. The third-order valence-electron chi connectivity index (χ3n) is 3.84. The molecule has 1 aromatic heterocycles. The molecule has 0 atom stereocenters. The maximum absolute atomic E-state index is 5.29. The Labute approximate surface area is 144 Å². The highest BCUT2D eigenvalue weighted by Gasteiger charge is 2.19. The van der Waals surface area contributed by atoms with Crippen molar-refractivity contribution in [1.29, 1.82) is 0 Å². The average Bonchev–Trinajstić information content (AvgIpc) is 3.05. The van der Waals surface area contributed by atoms with Crippen LogP contribution in [0.4, 0.5) is 0 Å². The first kappa shape index (κ1) is 15.0. The zero-order valence-electron chi connectivity index (χ0n) is 13.2. The maximum atomic E-state index is 5.29. The third-order valence-corrected chi connectivity index (χ3v) is 4.77. The van der Waals surface area contributed by atoms with Crippen molar-refractivity contribution in [2.75, 3.05) is 12.9 Å². The summed E-state index contributed by atoms with van der Waals surface area (Å²) in [5, 5.41) is 14.2. The molecule has 120 valence electrons. The summed E-state index contributed by atoms with van der Waals surface area (Å²) in [6, 6.07) is 18.2. The van der Waals surface area contributed by atoms with Gasteiger partial charge in [-0.05, 0) is 23.3 Å². The minimum absolute atomic E-state index is 0.663. The Balaban J connectivity index is 1.66. The van der Waals surface area contributed by atoms with Crippen LogP contribution in [-0.2, 0) is 6.42 Å². The van der Waals surface area contributed by atoms with Gasteiger partial charge in [0.05, 0.1) is 12.8 Å². The van der Waals surface area contributed by atoms with Crippen LogP contribution in [0.15, 0.2) is 64.9 Å². The number of aromatic nitrogens is 3. The second-order valence-corrected chi connectivity index (χ2v) is 6.38. The molecule has 0 aliphatic carbocycles. The van der Waals surface area contributed by atoms with Gasteiger partial charge in [-0.15, -0.1) is 10.2 Å². The lowest BCUT2D eigenvalue weighted by atomic mass is 10.1.